The van der Waals surface area contributed by atoms with E-state index < -0.39 is 6.03 Å². The molecule has 0 unspecified atom stereocenters. The van der Waals surface area contributed by atoms with Gasteiger partial charge in [-0.25, -0.2) is 9.18 Å². The number of hydrogen-bond acceptors (Lipinski definition) is 3. The number of hydrogen-bond donors (Lipinski definition) is 2. The van der Waals surface area contributed by atoms with Gasteiger partial charge in [-0.05, 0) is 35.7 Å². The minimum absolute atomic E-state index is 0.369. The second kappa shape index (κ2) is 5.29. The normalized spacial score (nSPS) is 9.56. The Hall–Kier alpha value is -2.39. The van der Waals surface area contributed by atoms with E-state index in [1.165, 1.54) is 35.6 Å². The Kier molecular flexibility index (Phi) is 3.55. The van der Waals surface area contributed by atoms with Gasteiger partial charge in [0.15, 0.2) is 0 Å². The highest BCUT2D eigenvalue weighted by Gasteiger charge is 2.07. The van der Waals surface area contributed by atoms with E-state index in [2.05, 4.69) is 10.6 Å². The highest BCUT2D eigenvalue weighted by molar-refractivity contribution is 7.14. The van der Waals surface area contributed by atoms with Crippen LogP contribution < -0.4 is 10.6 Å². The van der Waals surface area contributed by atoms with Gasteiger partial charge in [0.2, 0.25) is 0 Å². The molecule has 0 aliphatic rings. The monoisotopic (exact) mass is 261 g/mol. The zero-order valence-electron chi connectivity index (χ0n) is 9.11. The van der Waals surface area contributed by atoms with Crippen molar-refractivity contribution in [3.63, 3.8) is 0 Å². The van der Waals surface area contributed by atoms with Crippen molar-refractivity contribution in [2.24, 2.45) is 0 Å². The van der Waals surface area contributed by atoms with Gasteiger partial charge < -0.3 is 5.32 Å². The predicted molar refractivity (Wildman–Crippen MR) is 68.1 cm³/mol. The van der Waals surface area contributed by atoms with Crippen LogP contribution in [0.3, 0.4) is 0 Å². The third kappa shape index (κ3) is 2.84. The lowest BCUT2D eigenvalue weighted by atomic mass is 10.3. The smallest absolute Gasteiger partial charge is 0.308 e. The highest BCUT2D eigenvalue weighted by Crippen LogP contribution is 2.22. The van der Waals surface area contributed by atoms with Crippen molar-refractivity contribution in [1.29, 1.82) is 5.26 Å². The van der Waals surface area contributed by atoms with E-state index >= 15 is 0 Å². The minimum atomic E-state index is -0.472. The van der Waals surface area contributed by atoms with Crippen LogP contribution in [0, 0.1) is 17.1 Å². The standard InChI is InChI=1S/C12H8FN3OS/c13-9-1-3-10(4-2-9)15-12(17)16-11-8(7-14)5-6-18-11/h1-6H,(H2,15,16,17). The third-order valence-electron chi connectivity index (χ3n) is 2.11. The first-order chi connectivity index (χ1) is 8.69. The molecule has 4 nitrogen and oxygen atoms in total. The second-order valence-corrected chi connectivity index (χ2v) is 4.28. The molecule has 18 heavy (non-hydrogen) atoms. The molecular formula is C12H8FN3OS. The van der Waals surface area contributed by atoms with Gasteiger partial charge in [-0.2, -0.15) is 5.26 Å². The molecule has 1 aromatic carbocycles. The van der Waals surface area contributed by atoms with Gasteiger partial charge >= 0.3 is 6.03 Å². The van der Waals surface area contributed by atoms with Crippen molar-refractivity contribution in [2.75, 3.05) is 10.6 Å². The number of nitrogens with zero attached hydrogens (tertiary/aromatic N) is 1. The van der Waals surface area contributed by atoms with Crippen LogP contribution in [0.5, 0.6) is 0 Å². The Labute approximate surface area is 107 Å². The molecule has 0 spiro atoms. The van der Waals surface area contributed by atoms with Crippen LogP contribution in [-0.2, 0) is 0 Å². The molecule has 0 atom stereocenters. The number of thiophene rings is 1. The Balaban J connectivity index is 2.01. The van der Waals surface area contributed by atoms with Crippen LogP contribution in [0.1, 0.15) is 5.56 Å². The maximum Gasteiger partial charge on any atom is 0.324 e. The molecule has 0 bridgehead atoms. The number of halogens is 1. The first-order valence-electron chi connectivity index (χ1n) is 5.00. The number of carbonyl (C=O) groups excluding carboxylic acids is 1. The van der Waals surface area contributed by atoms with Crippen LogP contribution in [0.4, 0.5) is 19.9 Å². The molecule has 2 aromatic rings. The summed E-state index contributed by atoms with van der Waals surface area (Å²) in [6.45, 7) is 0. The number of amides is 2. The molecule has 6 heteroatoms. The van der Waals surface area contributed by atoms with Crippen LogP contribution in [0.2, 0.25) is 0 Å². The Bertz CT molecular complexity index is 601. The Morgan fingerprint density at radius 3 is 2.61 bits per heavy atom. The molecule has 0 fully saturated rings. The number of benzene rings is 1. The predicted octanol–water partition coefficient (Wildman–Crippen LogP) is 3.40. The molecule has 0 radical (unpaired) electrons. The van der Waals surface area contributed by atoms with E-state index in [0.29, 0.717) is 16.3 Å². The number of rotatable bonds is 2. The molecule has 0 saturated heterocycles. The molecule has 1 heterocycles. The van der Waals surface area contributed by atoms with Crippen molar-refractivity contribution in [3.05, 3.63) is 47.1 Å². The fraction of sp³-hybridized carbons (Fsp3) is 0. The van der Waals surface area contributed by atoms with Gasteiger partial charge in [0, 0.05) is 5.69 Å². The lowest BCUT2D eigenvalue weighted by molar-refractivity contribution is 0.262. The van der Waals surface area contributed by atoms with Crippen LogP contribution >= 0.6 is 11.3 Å². The molecule has 2 N–H and O–H groups in total. The third-order valence-corrected chi connectivity index (χ3v) is 2.94. The average Bonchev–Trinajstić information content (AvgIpc) is 2.79. The lowest BCUT2D eigenvalue weighted by Crippen LogP contribution is -2.19. The molecule has 1 aromatic heterocycles. The lowest BCUT2D eigenvalue weighted by Gasteiger charge is -2.06. The number of urea groups is 1. The number of anilines is 2. The minimum Gasteiger partial charge on any atom is -0.308 e. The quantitative estimate of drug-likeness (QED) is 0.870. The molecule has 0 aliphatic heterocycles. The first kappa shape index (κ1) is 12.1. The summed E-state index contributed by atoms with van der Waals surface area (Å²) in [7, 11) is 0. The van der Waals surface area contributed by atoms with Gasteiger partial charge in [-0.1, -0.05) is 0 Å². The Morgan fingerprint density at radius 1 is 1.22 bits per heavy atom. The Morgan fingerprint density at radius 2 is 1.94 bits per heavy atom. The summed E-state index contributed by atoms with van der Waals surface area (Å²) in [4.78, 5) is 11.6. The van der Waals surface area contributed by atoms with E-state index in [-0.39, 0.29) is 5.82 Å². The van der Waals surface area contributed by atoms with Gasteiger partial charge in [0.25, 0.3) is 0 Å². The van der Waals surface area contributed by atoms with E-state index in [9.17, 15) is 9.18 Å². The van der Waals surface area contributed by atoms with Gasteiger partial charge in [0.1, 0.15) is 16.9 Å². The average molecular weight is 261 g/mol. The molecule has 2 amide bonds. The highest BCUT2D eigenvalue weighted by atomic mass is 32.1. The molecule has 0 aliphatic carbocycles. The van der Waals surface area contributed by atoms with Crippen LogP contribution in [0.15, 0.2) is 35.7 Å². The van der Waals surface area contributed by atoms with Gasteiger partial charge in [-0.15, -0.1) is 11.3 Å². The van der Waals surface area contributed by atoms with E-state index in [1.54, 1.807) is 11.4 Å². The maximum atomic E-state index is 12.7. The summed E-state index contributed by atoms with van der Waals surface area (Å²) in [6, 6.07) is 8.53. The largest absolute Gasteiger partial charge is 0.324 e. The zero-order valence-corrected chi connectivity index (χ0v) is 9.92. The number of carbonyl (C=O) groups is 1. The van der Waals surface area contributed by atoms with Crippen molar-refractivity contribution in [2.45, 2.75) is 0 Å². The molecule has 2 rings (SSSR count). The summed E-state index contributed by atoms with van der Waals surface area (Å²) >= 11 is 1.26. The number of nitriles is 1. The fourth-order valence-electron chi connectivity index (χ4n) is 1.29. The molecule has 0 saturated carbocycles. The van der Waals surface area contributed by atoms with Crippen molar-refractivity contribution < 1.29 is 9.18 Å². The summed E-state index contributed by atoms with van der Waals surface area (Å²) in [5, 5.41) is 16.1. The van der Waals surface area contributed by atoms with Gasteiger partial charge in [-0.3, -0.25) is 5.32 Å². The summed E-state index contributed by atoms with van der Waals surface area (Å²) in [5.41, 5.74) is 0.887. The van der Waals surface area contributed by atoms with E-state index in [1.807, 2.05) is 6.07 Å². The molecule has 90 valence electrons. The summed E-state index contributed by atoms with van der Waals surface area (Å²) < 4.78 is 12.7. The first-order valence-corrected chi connectivity index (χ1v) is 5.88. The summed E-state index contributed by atoms with van der Waals surface area (Å²) in [6.07, 6.45) is 0. The maximum absolute atomic E-state index is 12.7. The van der Waals surface area contributed by atoms with Crippen LogP contribution in [-0.4, -0.2) is 6.03 Å². The van der Waals surface area contributed by atoms with Crippen LogP contribution in [0.25, 0.3) is 0 Å². The molecular weight excluding hydrogens is 253 g/mol. The zero-order chi connectivity index (χ0) is 13.0. The fourth-order valence-corrected chi connectivity index (χ4v) is 2.03. The SMILES string of the molecule is N#Cc1ccsc1NC(=O)Nc1ccc(F)cc1. The van der Waals surface area contributed by atoms with Gasteiger partial charge in [0.05, 0.1) is 5.56 Å². The topological polar surface area (TPSA) is 64.9 Å². The van der Waals surface area contributed by atoms with E-state index in [0.717, 1.165) is 0 Å². The van der Waals surface area contributed by atoms with Crippen molar-refractivity contribution in [1.82, 2.24) is 0 Å². The second-order valence-electron chi connectivity index (χ2n) is 3.36. The van der Waals surface area contributed by atoms with E-state index in [4.69, 9.17) is 5.26 Å². The number of nitrogens with one attached hydrogen (secondary N) is 2. The van der Waals surface area contributed by atoms with Crippen molar-refractivity contribution in [3.8, 4) is 6.07 Å². The van der Waals surface area contributed by atoms with Crippen molar-refractivity contribution >= 4 is 28.1 Å². The summed E-state index contributed by atoms with van der Waals surface area (Å²) in [5.74, 6) is -0.369.